The molecule has 0 N–H and O–H groups in total. The third-order valence-electron chi connectivity index (χ3n) is 11.2. The van der Waals surface area contributed by atoms with Crippen molar-refractivity contribution in [2.24, 2.45) is 0 Å². The minimum absolute atomic E-state index is 0.00626. The van der Waals surface area contributed by atoms with Crippen molar-refractivity contribution in [1.82, 2.24) is 19.6 Å². The predicted octanol–water partition coefficient (Wildman–Crippen LogP) is 18.7. The minimum Gasteiger partial charge on any atom is -0.339 e. The molecule has 0 saturated heterocycles. The number of carbonyl (C=O) groups excluding carboxylic acids is 4. The smallest absolute Gasteiger partial charge is 0.285 e. The van der Waals surface area contributed by atoms with Gasteiger partial charge in [0.1, 0.15) is 0 Å². The third kappa shape index (κ3) is 21.3. The first-order valence-electron chi connectivity index (χ1n) is 24.8. The lowest BCUT2D eigenvalue weighted by Crippen LogP contribution is -2.15. The lowest BCUT2D eigenvalue weighted by Gasteiger charge is -2.13. The maximum Gasteiger partial charge on any atom is 0.285 e. The summed E-state index contributed by atoms with van der Waals surface area (Å²) in [4.78, 5) is 66.4. The molecule has 0 spiro atoms. The van der Waals surface area contributed by atoms with Crippen LogP contribution >= 0.6 is 118 Å². The Kier molecular flexibility index (Phi) is 24.8. The molecule has 79 heavy (non-hydrogen) atoms. The molecule has 0 heterocycles. The van der Waals surface area contributed by atoms with Crippen LogP contribution < -0.4 is 0 Å². The molecule has 7 aromatic rings. The second-order valence-corrected chi connectivity index (χ2v) is 29.2. The van der Waals surface area contributed by atoms with E-state index in [-0.39, 0.29) is 21.0 Å². The zero-order valence-corrected chi connectivity index (χ0v) is 53.6. The molecule has 0 unspecified atom stereocenters. The summed E-state index contributed by atoms with van der Waals surface area (Å²) in [5.74, 6) is 4.78. The molecule has 0 aliphatic heterocycles. The van der Waals surface area contributed by atoms with E-state index >= 15 is 0 Å². The van der Waals surface area contributed by atoms with Crippen molar-refractivity contribution in [3.05, 3.63) is 198 Å². The number of thioether (sulfide) groups is 10. The Balaban J connectivity index is 1.04. The first-order chi connectivity index (χ1) is 37.9. The van der Waals surface area contributed by atoms with Crippen LogP contribution in [0.3, 0.4) is 0 Å². The topological polar surface area (TPSA) is 81.2 Å². The quantitative estimate of drug-likeness (QED) is 0.0604. The van der Waals surface area contributed by atoms with Crippen molar-refractivity contribution in [3.63, 3.8) is 0 Å². The summed E-state index contributed by atoms with van der Waals surface area (Å²) in [6, 6.07) is 53.5. The molecule has 411 valence electrons. The SMILES string of the molecule is [CH2]c1cc(SCc2cc(SCc3ccc(SC(=O)N(C)C)cc3)cc(SCc3ccc(SC(=O)N(C)C)cc3)c2)cc(SCc2cc(SCc3ccc(SC(=O)N(C)C)cc3)cc(SCc3ccc(SC(=O)N(C)C)cc3)c2)c1. The van der Waals surface area contributed by atoms with Gasteiger partial charge in [-0.15, -0.1) is 70.6 Å². The number of benzene rings is 7. The average Bonchev–Trinajstić information content (AvgIpc) is 3.44. The molecule has 0 atom stereocenters. The van der Waals surface area contributed by atoms with Crippen LogP contribution in [-0.4, -0.2) is 96.9 Å². The number of rotatable bonds is 22. The fourth-order valence-electron chi connectivity index (χ4n) is 6.94. The summed E-state index contributed by atoms with van der Waals surface area (Å²) in [7, 11) is 14.1. The molecule has 0 saturated carbocycles. The van der Waals surface area contributed by atoms with E-state index in [1.807, 2.05) is 119 Å². The molecule has 0 aliphatic carbocycles. The van der Waals surface area contributed by atoms with Crippen molar-refractivity contribution >= 4 is 139 Å². The Morgan fingerprint density at radius 2 is 0.468 bits per heavy atom. The van der Waals surface area contributed by atoms with Gasteiger partial charge in [-0.2, -0.15) is 0 Å². The summed E-state index contributed by atoms with van der Waals surface area (Å²) < 4.78 is 0. The van der Waals surface area contributed by atoms with Gasteiger partial charge in [0.15, 0.2) is 0 Å². The van der Waals surface area contributed by atoms with Gasteiger partial charge in [0.25, 0.3) is 21.0 Å². The van der Waals surface area contributed by atoms with Gasteiger partial charge in [-0.05, 0) is 196 Å². The van der Waals surface area contributed by atoms with E-state index in [9.17, 15) is 19.2 Å². The molecule has 0 aromatic heterocycles. The number of hydrogen-bond acceptors (Lipinski definition) is 14. The Hall–Kier alpha value is -4.08. The number of nitrogens with zero attached hydrogens (tertiary/aromatic N) is 4. The zero-order valence-electron chi connectivity index (χ0n) is 45.4. The van der Waals surface area contributed by atoms with Crippen molar-refractivity contribution in [2.75, 3.05) is 56.4 Å². The van der Waals surface area contributed by atoms with Gasteiger partial charge < -0.3 is 19.6 Å². The molecular formula is C61H63N4O4S10. The van der Waals surface area contributed by atoms with Gasteiger partial charge in [0, 0.05) is 140 Å². The summed E-state index contributed by atoms with van der Waals surface area (Å²) >= 11 is 15.9. The van der Waals surface area contributed by atoms with Crippen LogP contribution in [0.5, 0.6) is 0 Å². The van der Waals surface area contributed by atoms with Crippen LogP contribution in [0.25, 0.3) is 0 Å². The van der Waals surface area contributed by atoms with Crippen molar-refractivity contribution in [2.45, 2.75) is 83.5 Å². The fraction of sp³-hybridized carbons (Fsp3) is 0.230. The number of hydrogen-bond donors (Lipinski definition) is 0. The maximum atomic E-state index is 12.3. The van der Waals surface area contributed by atoms with E-state index < -0.39 is 0 Å². The molecule has 7 rings (SSSR count). The number of carbonyl (C=O) groups is 4. The molecule has 0 aliphatic rings. The Bertz CT molecular complexity index is 2790. The first-order valence-corrected chi connectivity index (χ1v) is 34.0. The van der Waals surface area contributed by atoms with Crippen LogP contribution in [0.2, 0.25) is 0 Å². The van der Waals surface area contributed by atoms with Gasteiger partial charge in [0.2, 0.25) is 0 Å². The molecule has 4 amide bonds. The van der Waals surface area contributed by atoms with E-state index in [4.69, 9.17) is 0 Å². The number of amides is 4. The van der Waals surface area contributed by atoms with E-state index in [0.29, 0.717) is 0 Å². The molecule has 7 aromatic carbocycles. The summed E-state index contributed by atoms with van der Waals surface area (Å²) in [5.41, 5.74) is 8.23. The fourth-order valence-corrected chi connectivity index (χ4v) is 15.6. The lowest BCUT2D eigenvalue weighted by molar-refractivity contribution is 0.240. The van der Waals surface area contributed by atoms with Crippen LogP contribution in [0, 0.1) is 6.92 Å². The highest BCUT2D eigenvalue weighted by Gasteiger charge is 2.14. The van der Waals surface area contributed by atoms with Crippen LogP contribution in [0.4, 0.5) is 19.2 Å². The first kappa shape index (κ1) is 62.5. The molecule has 18 heteroatoms. The van der Waals surface area contributed by atoms with Crippen molar-refractivity contribution in [3.8, 4) is 0 Å². The lowest BCUT2D eigenvalue weighted by atomic mass is 10.2. The standard InChI is InChI=1S/C61H63N4O4S10/c1-41-26-52(74-39-46-28-54(70-35-42-10-18-48(19-11-42)76-58(66)62(2)3)33-55(29-46)71-36-43-12-20-49(21-13-43)77-59(67)63(4)5)32-53(27-41)75-40-47-30-56(72-37-44-14-22-50(23-15-44)78-60(68)64(6)7)34-57(31-47)73-38-45-16-24-51(25-17-45)79-61(69)65(8)9/h10-34H,1,35-40H2,2-9H3. The zero-order chi connectivity index (χ0) is 56.4. The maximum absolute atomic E-state index is 12.3. The average molecular weight is 1240 g/mol. The highest BCUT2D eigenvalue weighted by Crippen LogP contribution is 2.38. The monoisotopic (exact) mass is 1240 g/mol. The molecular weight excluding hydrogens is 1170 g/mol. The Morgan fingerprint density at radius 1 is 0.278 bits per heavy atom. The third-order valence-corrected chi connectivity index (χ3v) is 21.7. The van der Waals surface area contributed by atoms with Gasteiger partial charge in [0.05, 0.1) is 0 Å². The van der Waals surface area contributed by atoms with Crippen LogP contribution in [0.1, 0.15) is 38.9 Å². The van der Waals surface area contributed by atoms with Crippen molar-refractivity contribution < 1.29 is 19.2 Å². The van der Waals surface area contributed by atoms with Gasteiger partial charge >= 0.3 is 0 Å². The van der Waals surface area contributed by atoms with Gasteiger partial charge in [-0.25, -0.2) is 0 Å². The summed E-state index contributed by atoms with van der Waals surface area (Å²) in [6.45, 7) is 4.41. The predicted molar refractivity (Wildman–Crippen MR) is 347 cm³/mol. The van der Waals surface area contributed by atoms with Crippen LogP contribution in [-0.2, 0) is 34.5 Å². The highest BCUT2D eigenvalue weighted by atomic mass is 32.2. The van der Waals surface area contributed by atoms with Gasteiger partial charge in [-0.1, -0.05) is 48.5 Å². The van der Waals surface area contributed by atoms with E-state index in [0.717, 1.165) is 59.7 Å². The largest absolute Gasteiger partial charge is 0.339 e. The Morgan fingerprint density at radius 3 is 0.671 bits per heavy atom. The highest BCUT2D eigenvalue weighted by molar-refractivity contribution is 8.14. The molecule has 0 fully saturated rings. The van der Waals surface area contributed by atoms with E-state index in [1.165, 1.54) is 110 Å². The van der Waals surface area contributed by atoms with Crippen molar-refractivity contribution in [1.29, 1.82) is 0 Å². The molecule has 8 nitrogen and oxygen atoms in total. The normalized spacial score (nSPS) is 11.1. The van der Waals surface area contributed by atoms with E-state index in [2.05, 4.69) is 110 Å². The summed E-state index contributed by atoms with van der Waals surface area (Å²) in [5, 5.41) is 0.0251. The summed E-state index contributed by atoms with van der Waals surface area (Å²) in [6.07, 6.45) is 0. The second kappa shape index (κ2) is 31.4. The molecule has 1 radical (unpaired) electrons. The van der Waals surface area contributed by atoms with Gasteiger partial charge in [-0.3, -0.25) is 19.2 Å². The Labute approximate surface area is 510 Å². The molecule has 0 bridgehead atoms. The minimum atomic E-state index is 0.00626. The van der Waals surface area contributed by atoms with E-state index in [1.54, 1.807) is 76.0 Å². The van der Waals surface area contributed by atoms with Crippen LogP contribution in [0.15, 0.2) is 201 Å². The second-order valence-electron chi connectivity index (χ2n) is 18.8.